The van der Waals surface area contributed by atoms with Gasteiger partial charge in [0.05, 0.1) is 0 Å². The zero-order valence-corrected chi connectivity index (χ0v) is 11.4. The third-order valence-electron chi connectivity index (χ3n) is 3.86. The van der Waals surface area contributed by atoms with E-state index in [-0.39, 0.29) is 24.0 Å². The number of carbonyl (C=O) groups is 1. The largest absolute Gasteiger partial charge is 0.508 e. The molecular weight excluding hydrogens is 261 g/mol. The van der Waals surface area contributed by atoms with Gasteiger partial charge in [0.25, 0.3) is 0 Å². The van der Waals surface area contributed by atoms with E-state index in [1.54, 1.807) is 0 Å². The summed E-state index contributed by atoms with van der Waals surface area (Å²) in [5.74, 6) is -1.06. The third kappa shape index (κ3) is 3.93. The van der Waals surface area contributed by atoms with Gasteiger partial charge in [0.15, 0.2) is 0 Å². The predicted octanol–water partition coefficient (Wildman–Crippen LogP) is 2.75. The van der Waals surface area contributed by atoms with Crippen LogP contribution in [0.4, 0.5) is 4.39 Å². The molecule has 110 valence electrons. The maximum Gasteiger partial charge on any atom is 0.303 e. The lowest BCUT2D eigenvalue weighted by molar-refractivity contribution is -0.137. The van der Waals surface area contributed by atoms with Gasteiger partial charge in [-0.3, -0.25) is 9.69 Å². The SMILES string of the molecule is O=C(O)CCC1CCCCN1Cc1cc(F)ccc1O. The van der Waals surface area contributed by atoms with Crippen LogP contribution in [0, 0.1) is 5.82 Å². The van der Waals surface area contributed by atoms with Crippen LogP contribution in [0.1, 0.15) is 37.7 Å². The van der Waals surface area contributed by atoms with Crippen molar-refractivity contribution in [3.05, 3.63) is 29.6 Å². The molecule has 5 heteroatoms. The summed E-state index contributed by atoms with van der Waals surface area (Å²) in [6.45, 7) is 1.33. The minimum absolute atomic E-state index is 0.0916. The van der Waals surface area contributed by atoms with E-state index in [0.717, 1.165) is 25.8 Å². The fraction of sp³-hybridized carbons (Fsp3) is 0.533. The van der Waals surface area contributed by atoms with Crippen LogP contribution < -0.4 is 0 Å². The lowest BCUT2D eigenvalue weighted by atomic mass is 9.97. The Kier molecular flexibility index (Phi) is 4.95. The molecular formula is C15H20FNO3. The van der Waals surface area contributed by atoms with Crippen LogP contribution in [0.5, 0.6) is 5.75 Å². The van der Waals surface area contributed by atoms with Crippen LogP contribution in [-0.2, 0) is 11.3 Å². The Labute approximate surface area is 117 Å². The highest BCUT2D eigenvalue weighted by atomic mass is 19.1. The van der Waals surface area contributed by atoms with Gasteiger partial charge in [0.1, 0.15) is 11.6 Å². The molecule has 0 spiro atoms. The van der Waals surface area contributed by atoms with E-state index in [2.05, 4.69) is 4.90 Å². The number of hydrogen-bond donors (Lipinski definition) is 2. The maximum absolute atomic E-state index is 13.2. The second-order valence-electron chi connectivity index (χ2n) is 5.33. The molecule has 20 heavy (non-hydrogen) atoms. The van der Waals surface area contributed by atoms with Gasteiger partial charge in [-0.15, -0.1) is 0 Å². The first-order valence-electron chi connectivity index (χ1n) is 6.99. The molecule has 0 amide bonds. The summed E-state index contributed by atoms with van der Waals surface area (Å²) in [6.07, 6.45) is 3.86. The summed E-state index contributed by atoms with van der Waals surface area (Å²) in [4.78, 5) is 12.9. The number of likely N-dealkylation sites (tertiary alicyclic amines) is 1. The molecule has 4 nitrogen and oxygen atoms in total. The van der Waals surface area contributed by atoms with Gasteiger partial charge in [0.2, 0.25) is 0 Å². The van der Waals surface area contributed by atoms with Crippen molar-refractivity contribution in [2.45, 2.75) is 44.7 Å². The van der Waals surface area contributed by atoms with Gasteiger partial charge in [0, 0.05) is 24.6 Å². The smallest absolute Gasteiger partial charge is 0.303 e. The molecule has 0 aromatic heterocycles. The second-order valence-corrected chi connectivity index (χ2v) is 5.33. The van der Waals surface area contributed by atoms with E-state index in [9.17, 15) is 14.3 Å². The van der Waals surface area contributed by atoms with E-state index in [1.165, 1.54) is 18.2 Å². The fourth-order valence-corrected chi connectivity index (χ4v) is 2.78. The Morgan fingerprint density at radius 3 is 2.95 bits per heavy atom. The van der Waals surface area contributed by atoms with E-state index in [0.29, 0.717) is 18.5 Å². The van der Waals surface area contributed by atoms with Crippen LogP contribution in [-0.4, -0.2) is 33.7 Å². The molecule has 2 N–H and O–H groups in total. The summed E-state index contributed by atoms with van der Waals surface area (Å²) >= 11 is 0. The van der Waals surface area contributed by atoms with Gasteiger partial charge >= 0.3 is 5.97 Å². The molecule has 0 saturated carbocycles. The van der Waals surface area contributed by atoms with Gasteiger partial charge in [-0.05, 0) is 44.0 Å². The Bertz CT molecular complexity index is 478. The van der Waals surface area contributed by atoms with E-state index >= 15 is 0 Å². The number of rotatable bonds is 5. The second kappa shape index (κ2) is 6.70. The molecule has 1 saturated heterocycles. The van der Waals surface area contributed by atoms with Crippen LogP contribution in [0.3, 0.4) is 0 Å². The number of benzene rings is 1. The Balaban J connectivity index is 2.04. The maximum atomic E-state index is 13.2. The van der Waals surface area contributed by atoms with Crippen molar-refractivity contribution >= 4 is 5.97 Å². The highest BCUT2D eigenvalue weighted by Gasteiger charge is 2.23. The van der Waals surface area contributed by atoms with E-state index in [4.69, 9.17) is 5.11 Å². The number of halogens is 1. The number of aromatic hydroxyl groups is 1. The number of piperidine rings is 1. The topological polar surface area (TPSA) is 60.8 Å². The van der Waals surface area contributed by atoms with Crippen LogP contribution >= 0.6 is 0 Å². The van der Waals surface area contributed by atoms with Crippen molar-refractivity contribution in [1.29, 1.82) is 0 Å². The minimum Gasteiger partial charge on any atom is -0.508 e. The van der Waals surface area contributed by atoms with Crippen LogP contribution in [0.2, 0.25) is 0 Å². The molecule has 1 aromatic rings. The highest BCUT2D eigenvalue weighted by Crippen LogP contribution is 2.26. The molecule has 1 aliphatic rings. The van der Waals surface area contributed by atoms with Gasteiger partial charge < -0.3 is 10.2 Å². The number of carboxylic acids is 1. The molecule has 1 aliphatic heterocycles. The average Bonchev–Trinajstić information content (AvgIpc) is 2.42. The summed E-state index contributed by atoms with van der Waals surface area (Å²) in [5, 5.41) is 18.6. The lowest BCUT2D eigenvalue weighted by Crippen LogP contribution is -2.39. The first kappa shape index (κ1) is 14.8. The van der Waals surface area contributed by atoms with Crippen molar-refractivity contribution < 1.29 is 19.4 Å². The Morgan fingerprint density at radius 1 is 1.40 bits per heavy atom. The standard InChI is InChI=1S/C15H20FNO3/c16-12-4-6-14(18)11(9-12)10-17-8-2-1-3-13(17)5-7-15(19)20/h4,6,9,13,18H,1-3,5,7-8,10H2,(H,19,20). The molecule has 0 bridgehead atoms. The number of nitrogens with zero attached hydrogens (tertiary/aromatic N) is 1. The van der Waals surface area contributed by atoms with Crippen molar-refractivity contribution in [3.63, 3.8) is 0 Å². The van der Waals surface area contributed by atoms with Crippen molar-refractivity contribution in [2.75, 3.05) is 6.54 Å². The minimum atomic E-state index is -0.788. The molecule has 0 radical (unpaired) electrons. The third-order valence-corrected chi connectivity index (χ3v) is 3.86. The van der Waals surface area contributed by atoms with Crippen LogP contribution in [0.25, 0.3) is 0 Å². The molecule has 1 fully saturated rings. The monoisotopic (exact) mass is 281 g/mol. The van der Waals surface area contributed by atoms with E-state index < -0.39 is 5.97 Å². The molecule has 1 heterocycles. The summed E-state index contributed by atoms with van der Waals surface area (Å²) < 4.78 is 13.2. The summed E-state index contributed by atoms with van der Waals surface area (Å²) in [6, 6.07) is 4.14. The highest BCUT2D eigenvalue weighted by molar-refractivity contribution is 5.66. The van der Waals surface area contributed by atoms with Gasteiger partial charge in [-0.25, -0.2) is 4.39 Å². The van der Waals surface area contributed by atoms with Crippen molar-refractivity contribution in [3.8, 4) is 5.75 Å². The Morgan fingerprint density at radius 2 is 2.20 bits per heavy atom. The number of hydrogen-bond acceptors (Lipinski definition) is 3. The van der Waals surface area contributed by atoms with Crippen molar-refractivity contribution in [1.82, 2.24) is 4.90 Å². The zero-order valence-electron chi connectivity index (χ0n) is 11.4. The number of phenolic OH excluding ortho intramolecular Hbond substituents is 1. The number of phenols is 1. The average molecular weight is 281 g/mol. The molecule has 0 aliphatic carbocycles. The van der Waals surface area contributed by atoms with Crippen molar-refractivity contribution in [2.24, 2.45) is 0 Å². The quantitative estimate of drug-likeness (QED) is 0.871. The number of aliphatic carboxylic acids is 1. The number of carboxylic acid groups (broad SMARTS) is 1. The normalized spacial score (nSPS) is 19.9. The summed E-state index contributed by atoms with van der Waals surface area (Å²) in [7, 11) is 0. The van der Waals surface area contributed by atoms with E-state index in [1.807, 2.05) is 0 Å². The fourth-order valence-electron chi connectivity index (χ4n) is 2.78. The molecule has 1 unspecified atom stereocenters. The Hall–Kier alpha value is -1.62. The van der Waals surface area contributed by atoms with Crippen LogP contribution in [0.15, 0.2) is 18.2 Å². The summed E-state index contributed by atoms with van der Waals surface area (Å²) in [5.41, 5.74) is 0.562. The predicted molar refractivity (Wildman–Crippen MR) is 73.0 cm³/mol. The first-order chi connectivity index (χ1) is 9.56. The lowest BCUT2D eigenvalue weighted by Gasteiger charge is -2.35. The first-order valence-corrected chi connectivity index (χ1v) is 6.99. The molecule has 1 atom stereocenters. The van der Waals surface area contributed by atoms with Gasteiger partial charge in [-0.1, -0.05) is 6.42 Å². The molecule has 2 rings (SSSR count). The molecule has 1 aromatic carbocycles. The zero-order chi connectivity index (χ0) is 14.5. The van der Waals surface area contributed by atoms with Gasteiger partial charge in [-0.2, -0.15) is 0 Å².